The lowest BCUT2D eigenvalue weighted by Gasteiger charge is -2.16. The van der Waals surface area contributed by atoms with E-state index in [4.69, 9.17) is 5.53 Å². The third-order valence-electron chi connectivity index (χ3n) is 3.10. The van der Waals surface area contributed by atoms with Crippen molar-refractivity contribution in [1.29, 1.82) is 0 Å². The predicted molar refractivity (Wildman–Crippen MR) is 78.8 cm³/mol. The number of hydrogen-bond donors (Lipinski definition) is 2. The number of carboxylic acids is 1. The van der Waals surface area contributed by atoms with Gasteiger partial charge in [0.1, 0.15) is 6.04 Å². The van der Waals surface area contributed by atoms with Crippen LogP contribution in [0.1, 0.15) is 18.0 Å². The summed E-state index contributed by atoms with van der Waals surface area (Å²) in [5.41, 5.74) is 8.82. The highest BCUT2D eigenvalue weighted by Gasteiger charge is 2.21. The van der Waals surface area contributed by atoms with E-state index in [9.17, 15) is 9.90 Å². The van der Waals surface area contributed by atoms with Crippen LogP contribution >= 0.6 is 0 Å². The van der Waals surface area contributed by atoms with Crippen molar-refractivity contribution in [3.05, 3.63) is 52.7 Å². The van der Waals surface area contributed by atoms with Gasteiger partial charge in [-0.05, 0) is 23.9 Å². The Morgan fingerprint density at radius 2 is 2.24 bits per heavy atom. The summed E-state index contributed by atoms with van der Waals surface area (Å²) in [6, 6.07) is 6.69. The number of rotatable bonds is 7. The summed E-state index contributed by atoms with van der Waals surface area (Å²) >= 11 is 0. The number of aromatic nitrogens is 1. The molecule has 0 fully saturated rings. The molecule has 7 nitrogen and oxygen atoms in total. The molecule has 108 valence electrons. The highest BCUT2D eigenvalue weighted by atomic mass is 16.4. The second-order valence-electron chi connectivity index (χ2n) is 4.48. The fourth-order valence-corrected chi connectivity index (χ4v) is 2.14. The molecule has 2 rings (SSSR count). The van der Waals surface area contributed by atoms with Crippen LogP contribution in [0, 0.1) is 0 Å². The molecule has 21 heavy (non-hydrogen) atoms. The van der Waals surface area contributed by atoms with Crippen LogP contribution in [0.5, 0.6) is 0 Å². The lowest BCUT2D eigenvalue weighted by Crippen LogP contribution is -2.29. The fourth-order valence-electron chi connectivity index (χ4n) is 2.14. The van der Waals surface area contributed by atoms with Gasteiger partial charge >= 0.3 is 5.97 Å². The van der Waals surface area contributed by atoms with Crippen molar-refractivity contribution in [3.8, 4) is 0 Å². The Hall–Kier alpha value is -2.63. The molecule has 0 saturated carbocycles. The fraction of sp³-hybridized carbons (Fsp3) is 0.286. The minimum atomic E-state index is -0.961. The quantitative estimate of drug-likeness (QED) is 0.352. The number of benzene rings is 1. The third kappa shape index (κ3) is 3.68. The first-order valence-electron chi connectivity index (χ1n) is 6.53. The van der Waals surface area contributed by atoms with Gasteiger partial charge in [-0.3, -0.25) is 9.78 Å². The first-order valence-corrected chi connectivity index (χ1v) is 6.53. The van der Waals surface area contributed by atoms with Gasteiger partial charge in [0.05, 0.1) is 0 Å². The number of fused-ring (bicyclic) bond motifs is 1. The number of pyridine rings is 1. The third-order valence-corrected chi connectivity index (χ3v) is 3.10. The molecular formula is C14H15N5O2. The minimum absolute atomic E-state index is 0.337. The zero-order valence-corrected chi connectivity index (χ0v) is 11.3. The topological polar surface area (TPSA) is 111 Å². The summed E-state index contributed by atoms with van der Waals surface area (Å²) in [5, 5.41) is 17.6. The molecule has 0 bridgehead atoms. The number of nitrogens with zero attached hydrogens (tertiary/aromatic N) is 4. The molecule has 1 aromatic carbocycles. The number of azide groups is 1. The molecule has 0 radical (unpaired) electrons. The molecule has 1 aromatic heterocycles. The highest BCUT2D eigenvalue weighted by molar-refractivity contribution is 5.89. The smallest absolute Gasteiger partial charge is 0.325 e. The predicted octanol–water partition coefficient (Wildman–Crippen LogP) is 2.65. The Labute approximate surface area is 121 Å². The van der Waals surface area contributed by atoms with Gasteiger partial charge < -0.3 is 10.4 Å². The molecule has 7 heteroatoms. The Balaban J connectivity index is 2.20. The van der Waals surface area contributed by atoms with Crippen LogP contribution in [0.4, 0.5) is 0 Å². The number of carboxylic acid groups (broad SMARTS) is 1. The summed E-state index contributed by atoms with van der Waals surface area (Å²) in [6.45, 7) is 0.781. The molecule has 0 aliphatic carbocycles. The molecule has 0 aliphatic rings. The standard InChI is InChI=1S/C14H15N5O2/c15-19-18-7-3-6-17-13(14(20)21)12-9-16-8-10-4-1-2-5-11(10)12/h1-2,4-5,8-9,13,17H,3,6-7H2,(H,20,21). The normalized spacial score (nSPS) is 11.8. The molecular weight excluding hydrogens is 270 g/mol. The lowest BCUT2D eigenvalue weighted by atomic mass is 10.0. The monoisotopic (exact) mass is 285 g/mol. The van der Waals surface area contributed by atoms with Crippen molar-refractivity contribution in [2.24, 2.45) is 5.11 Å². The molecule has 2 aromatic rings. The number of nitrogens with one attached hydrogen (secondary N) is 1. The average Bonchev–Trinajstić information content (AvgIpc) is 2.50. The summed E-state index contributed by atoms with van der Waals surface area (Å²) in [6.07, 6.45) is 3.85. The van der Waals surface area contributed by atoms with Gasteiger partial charge in [-0.2, -0.15) is 0 Å². The van der Waals surface area contributed by atoms with E-state index in [2.05, 4.69) is 20.3 Å². The average molecular weight is 285 g/mol. The molecule has 1 unspecified atom stereocenters. The van der Waals surface area contributed by atoms with Gasteiger partial charge in [0, 0.05) is 34.8 Å². The van der Waals surface area contributed by atoms with E-state index in [1.54, 1.807) is 12.4 Å². The Morgan fingerprint density at radius 3 is 3.00 bits per heavy atom. The van der Waals surface area contributed by atoms with Crippen LogP contribution < -0.4 is 5.32 Å². The van der Waals surface area contributed by atoms with Gasteiger partial charge in [0.25, 0.3) is 0 Å². The molecule has 1 atom stereocenters. The molecule has 1 heterocycles. The minimum Gasteiger partial charge on any atom is -0.480 e. The maximum absolute atomic E-state index is 11.5. The summed E-state index contributed by atoms with van der Waals surface area (Å²) in [5.74, 6) is -0.961. The van der Waals surface area contributed by atoms with Crippen molar-refractivity contribution in [2.45, 2.75) is 12.5 Å². The van der Waals surface area contributed by atoms with Gasteiger partial charge in [-0.25, -0.2) is 0 Å². The van der Waals surface area contributed by atoms with Crippen LogP contribution in [-0.2, 0) is 4.79 Å². The summed E-state index contributed by atoms with van der Waals surface area (Å²) < 4.78 is 0. The van der Waals surface area contributed by atoms with Crippen molar-refractivity contribution < 1.29 is 9.90 Å². The Kier molecular flexibility index (Phi) is 5.09. The maximum Gasteiger partial charge on any atom is 0.325 e. The van der Waals surface area contributed by atoms with Gasteiger partial charge in [0.2, 0.25) is 0 Å². The van der Waals surface area contributed by atoms with Gasteiger partial charge in [0.15, 0.2) is 0 Å². The second kappa shape index (κ2) is 7.23. The number of aliphatic carboxylic acids is 1. The van der Waals surface area contributed by atoms with Crippen LogP contribution in [0.25, 0.3) is 21.2 Å². The zero-order valence-electron chi connectivity index (χ0n) is 11.3. The van der Waals surface area contributed by atoms with E-state index in [1.807, 2.05) is 24.3 Å². The molecule has 0 amide bonds. The zero-order chi connectivity index (χ0) is 15.1. The second-order valence-corrected chi connectivity index (χ2v) is 4.48. The SMILES string of the molecule is [N-]=[N+]=NCCCNC(C(=O)O)c1cncc2ccccc12. The first-order chi connectivity index (χ1) is 10.2. The largest absolute Gasteiger partial charge is 0.480 e. The highest BCUT2D eigenvalue weighted by Crippen LogP contribution is 2.23. The van der Waals surface area contributed by atoms with E-state index in [-0.39, 0.29) is 0 Å². The summed E-state index contributed by atoms with van der Waals surface area (Å²) in [4.78, 5) is 18.3. The van der Waals surface area contributed by atoms with Crippen molar-refractivity contribution in [3.63, 3.8) is 0 Å². The van der Waals surface area contributed by atoms with E-state index in [0.717, 1.165) is 10.8 Å². The van der Waals surface area contributed by atoms with Crippen LogP contribution in [0.15, 0.2) is 41.8 Å². The van der Waals surface area contributed by atoms with Crippen molar-refractivity contribution >= 4 is 16.7 Å². The molecule has 0 spiro atoms. The summed E-state index contributed by atoms with van der Waals surface area (Å²) in [7, 11) is 0. The van der Waals surface area contributed by atoms with Crippen LogP contribution in [-0.4, -0.2) is 29.1 Å². The van der Waals surface area contributed by atoms with E-state index < -0.39 is 12.0 Å². The van der Waals surface area contributed by atoms with E-state index in [0.29, 0.717) is 25.1 Å². The molecule has 2 N–H and O–H groups in total. The lowest BCUT2D eigenvalue weighted by molar-refractivity contribution is -0.139. The Morgan fingerprint density at radius 1 is 1.43 bits per heavy atom. The van der Waals surface area contributed by atoms with Gasteiger partial charge in [-0.15, -0.1) is 0 Å². The van der Waals surface area contributed by atoms with Crippen molar-refractivity contribution in [2.75, 3.05) is 13.1 Å². The molecule has 0 saturated heterocycles. The van der Waals surface area contributed by atoms with Crippen LogP contribution in [0.2, 0.25) is 0 Å². The van der Waals surface area contributed by atoms with E-state index >= 15 is 0 Å². The van der Waals surface area contributed by atoms with Crippen molar-refractivity contribution in [1.82, 2.24) is 10.3 Å². The molecule has 0 aliphatic heterocycles. The maximum atomic E-state index is 11.5. The first kappa shape index (κ1) is 14.8. The Bertz CT molecular complexity index is 677. The van der Waals surface area contributed by atoms with E-state index in [1.165, 1.54) is 0 Å². The number of carbonyl (C=O) groups is 1. The van der Waals surface area contributed by atoms with Gasteiger partial charge in [-0.1, -0.05) is 29.4 Å². The van der Waals surface area contributed by atoms with Crippen LogP contribution in [0.3, 0.4) is 0 Å². The number of hydrogen-bond acceptors (Lipinski definition) is 4.